The predicted molar refractivity (Wildman–Crippen MR) is 129 cm³/mol. The Bertz CT molecular complexity index is 858. The summed E-state index contributed by atoms with van der Waals surface area (Å²) < 4.78 is 11.7. The van der Waals surface area contributed by atoms with Gasteiger partial charge in [-0.15, -0.1) is 0 Å². The molecule has 2 aromatic carbocycles. The third-order valence-electron chi connectivity index (χ3n) is 6.85. The molecule has 0 spiro atoms. The van der Waals surface area contributed by atoms with Crippen LogP contribution in [-0.4, -0.2) is 33.5 Å². The van der Waals surface area contributed by atoms with Crippen LogP contribution in [0.5, 0.6) is 0 Å². The summed E-state index contributed by atoms with van der Waals surface area (Å²) in [6, 6.07) is 19.1. The highest BCUT2D eigenvalue weighted by Crippen LogP contribution is 2.41. The second-order valence-corrected chi connectivity index (χ2v) is 14.9. The van der Waals surface area contributed by atoms with Crippen LogP contribution >= 0.6 is 0 Å². The van der Waals surface area contributed by atoms with Gasteiger partial charge < -0.3 is 14.5 Å². The molecule has 1 fully saturated rings. The van der Waals surface area contributed by atoms with Crippen LogP contribution in [0.4, 0.5) is 0 Å². The van der Waals surface area contributed by atoms with E-state index in [1.807, 2.05) is 24.3 Å². The lowest BCUT2D eigenvalue weighted by Crippen LogP contribution is -2.46. The lowest BCUT2D eigenvalue weighted by molar-refractivity contribution is 0.0600. The van der Waals surface area contributed by atoms with Crippen molar-refractivity contribution < 1.29 is 14.0 Å². The van der Waals surface area contributed by atoms with Gasteiger partial charge in [0, 0.05) is 12.1 Å². The zero-order valence-corrected chi connectivity index (χ0v) is 20.8. The van der Waals surface area contributed by atoms with E-state index in [9.17, 15) is 4.79 Å². The van der Waals surface area contributed by atoms with Gasteiger partial charge >= 0.3 is 5.97 Å². The second kappa shape index (κ2) is 9.68. The molecule has 1 heterocycles. The summed E-state index contributed by atoms with van der Waals surface area (Å²) in [4.78, 5) is 11.7. The number of methoxy groups -OCH3 is 1. The maximum absolute atomic E-state index is 11.7. The molecule has 168 valence electrons. The van der Waals surface area contributed by atoms with Gasteiger partial charge in [0.05, 0.1) is 18.8 Å². The van der Waals surface area contributed by atoms with E-state index in [2.05, 4.69) is 69.5 Å². The Hall–Kier alpha value is -1.95. The van der Waals surface area contributed by atoms with Crippen LogP contribution in [0.15, 0.2) is 54.6 Å². The van der Waals surface area contributed by atoms with E-state index < -0.39 is 8.32 Å². The largest absolute Gasteiger partial charge is 0.465 e. The van der Waals surface area contributed by atoms with Crippen LogP contribution in [0.1, 0.15) is 61.2 Å². The fourth-order valence-electron chi connectivity index (χ4n) is 3.95. The number of benzene rings is 2. The van der Waals surface area contributed by atoms with Gasteiger partial charge in [0.1, 0.15) is 0 Å². The number of rotatable bonds is 7. The van der Waals surface area contributed by atoms with E-state index in [1.165, 1.54) is 18.2 Å². The van der Waals surface area contributed by atoms with Gasteiger partial charge in [-0.25, -0.2) is 4.79 Å². The van der Waals surface area contributed by atoms with E-state index in [4.69, 9.17) is 9.16 Å². The van der Waals surface area contributed by atoms with Crippen molar-refractivity contribution in [1.29, 1.82) is 0 Å². The molecule has 31 heavy (non-hydrogen) atoms. The van der Waals surface area contributed by atoms with Crippen molar-refractivity contribution in [1.82, 2.24) is 5.32 Å². The molecule has 1 unspecified atom stereocenters. The molecule has 0 radical (unpaired) electrons. The van der Waals surface area contributed by atoms with Crippen molar-refractivity contribution >= 4 is 14.3 Å². The fourth-order valence-corrected chi connectivity index (χ4v) is 5.24. The molecule has 5 heteroatoms. The molecule has 1 aliphatic rings. The first-order chi connectivity index (χ1) is 14.6. The molecule has 1 saturated heterocycles. The van der Waals surface area contributed by atoms with Gasteiger partial charge in [-0.3, -0.25) is 0 Å². The van der Waals surface area contributed by atoms with Crippen molar-refractivity contribution in [2.45, 2.75) is 76.4 Å². The molecule has 0 amide bonds. The Labute approximate surface area is 188 Å². The minimum atomic E-state index is -1.92. The number of carbonyl (C=O) groups is 1. The maximum atomic E-state index is 11.7. The molecule has 0 saturated carbocycles. The SMILES string of the molecule is COC(=O)c1ccc(C[C@@H]2CC[C@H](C(O[Si](C)(C)C(C)(C)C)c3ccccc3)N2)cc1. The molecular weight excluding hydrogens is 402 g/mol. The Kier molecular flexibility index (Phi) is 7.40. The first kappa shape index (κ1) is 23.7. The number of ether oxygens (including phenoxy) is 1. The molecule has 1 aliphatic heterocycles. The lowest BCUT2D eigenvalue weighted by atomic mass is 10.0. The maximum Gasteiger partial charge on any atom is 0.337 e. The van der Waals surface area contributed by atoms with E-state index in [1.54, 1.807) is 0 Å². The van der Waals surface area contributed by atoms with Crippen LogP contribution in [0.25, 0.3) is 0 Å². The third-order valence-corrected chi connectivity index (χ3v) is 11.3. The Morgan fingerprint density at radius 1 is 1.06 bits per heavy atom. The predicted octanol–water partition coefficient (Wildman–Crippen LogP) is 5.90. The quantitative estimate of drug-likeness (QED) is 0.431. The molecule has 0 aromatic heterocycles. The topological polar surface area (TPSA) is 47.6 Å². The summed E-state index contributed by atoms with van der Waals surface area (Å²) >= 11 is 0. The minimum Gasteiger partial charge on any atom is -0.465 e. The Morgan fingerprint density at radius 2 is 1.71 bits per heavy atom. The van der Waals surface area contributed by atoms with Crippen LogP contribution in [0.3, 0.4) is 0 Å². The monoisotopic (exact) mass is 439 g/mol. The van der Waals surface area contributed by atoms with Crippen LogP contribution in [0, 0.1) is 0 Å². The van der Waals surface area contributed by atoms with Gasteiger partial charge in [0.25, 0.3) is 0 Å². The second-order valence-electron chi connectivity index (χ2n) is 10.1. The molecule has 1 N–H and O–H groups in total. The summed E-state index contributed by atoms with van der Waals surface area (Å²) in [5.74, 6) is -0.293. The zero-order valence-electron chi connectivity index (χ0n) is 19.8. The highest BCUT2D eigenvalue weighted by molar-refractivity contribution is 6.74. The number of hydrogen-bond acceptors (Lipinski definition) is 4. The molecule has 0 bridgehead atoms. The first-order valence-corrected chi connectivity index (χ1v) is 14.2. The van der Waals surface area contributed by atoms with Gasteiger partial charge in [0.2, 0.25) is 0 Å². The van der Waals surface area contributed by atoms with Gasteiger partial charge in [-0.1, -0.05) is 63.2 Å². The summed E-state index contributed by atoms with van der Waals surface area (Å²) in [5.41, 5.74) is 3.08. The smallest absolute Gasteiger partial charge is 0.337 e. The summed E-state index contributed by atoms with van der Waals surface area (Å²) in [6.45, 7) is 11.6. The lowest BCUT2D eigenvalue weighted by Gasteiger charge is -2.41. The highest BCUT2D eigenvalue weighted by Gasteiger charge is 2.42. The highest BCUT2D eigenvalue weighted by atomic mass is 28.4. The molecule has 2 aromatic rings. The van der Waals surface area contributed by atoms with E-state index in [-0.39, 0.29) is 17.1 Å². The molecule has 3 atom stereocenters. The van der Waals surface area contributed by atoms with Crippen molar-refractivity contribution in [3.8, 4) is 0 Å². The fraction of sp³-hybridized carbons (Fsp3) is 0.500. The van der Waals surface area contributed by atoms with E-state index >= 15 is 0 Å². The minimum absolute atomic E-state index is 0.0637. The number of esters is 1. The number of carbonyl (C=O) groups excluding carboxylic acids is 1. The zero-order chi connectivity index (χ0) is 22.6. The standard InChI is InChI=1S/C26H37NO3Si/c1-26(2,3)31(5,6)30-24(20-10-8-7-9-11-20)23-17-16-22(27-23)18-19-12-14-21(15-13-19)25(28)29-4/h7-15,22-24,27H,16-18H2,1-6H3/t22-,23+,24?/m0/s1. The average Bonchev–Trinajstić information content (AvgIpc) is 3.20. The summed E-state index contributed by atoms with van der Waals surface area (Å²) in [6.07, 6.45) is 3.22. The molecular formula is C26H37NO3Si. The van der Waals surface area contributed by atoms with Gasteiger partial charge in [-0.2, -0.15) is 0 Å². The van der Waals surface area contributed by atoms with Gasteiger partial charge in [-0.05, 0) is 60.7 Å². The Balaban J connectivity index is 1.71. The van der Waals surface area contributed by atoms with E-state index in [0.717, 1.165) is 19.3 Å². The summed E-state index contributed by atoms with van der Waals surface area (Å²) in [7, 11) is -0.508. The molecule has 4 nitrogen and oxygen atoms in total. The van der Waals surface area contributed by atoms with Crippen LogP contribution in [0.2, 0.25) is 18.1 Å². The van der Waals surface area contributed by atoms with Crippen LogP contribution < -0.4 is 5.32 Å². The first-order valence-electron chi connectivity index (χ1n) is 11.3. The normalized spacial score (nSPS) is 20.5. The Morgan fingerprint density at radius 3 is 2.29 bits per heavy atom. The van der Waals surface area contributed by atoms with Crippen molar-refractivity contribution in [3.05, 3.63) is 71.3 Å². The van der Waals surface area contributed by atoms with Crippen LogP contribution in [-0.2, 0) is 15.6 Å². The van der Waals surface area contributed by atoms with E-state index in [0.29, 0.717) is 17.6 Å². The molecule has 3 rings (SSSR count). The van der Waals surface area contributed by atoms with Gasteiger partial charge in [0.15, 0.2) is 8.32 Å². The molecule has 0 aliphatic carbocycles. The number of hydrogen-bond donors (Lipinski definition) is 1. The average molecular weight is 440 g/mol. The number of nitrogens with one attached hydrogen (secondary N) is 1. The van der Waals surface area contributed by atoms with Crippen molar-refractivity contribution in [3.63, 3.8) is 0 Å². The summed E-state index contributed by atoms with van der Waals surface area (Å²) in [5, 5.41) is 4.03. The third kappa shape index (κ3) is 5.85. The van der Waals surface area contributed by atoms with Crippen molar-refractivity contribution in [2.75, 3.05) is 7.11 Å². The van der Waals surface area contributed by atoms with Crippen molar-refractivity contribution in [2.24, 2.45) is 0 Å².